The van der Waals surface area contributed by atoms with Gasteiger partial charge in [0.15, 0.2) is 0 Å². The maximum absolute atomic E-state index is 12.1. The molecule has 0 saturated heterocycles. The molecule has 3 rings (SSSR count). The number of ether oxygens (including phenoxy) is 2. The molecule has 0 radical (unpaired) electrons. The smallest absolute Gasteiger partial charge is 0.258 e. The number of carbonyl (C=O) groups excluding carboxylic acids is 1. The van der Waals surface area contributed by atoms with Crippen molar-refractivity contribution >= 4 is 16.8 Å². The van der Waals surface area contributed by atoms with Gasteiger partial charge in [-0.2, -0.15) is 0 Å². The van der Waals surface area contributed by atoms with Gasteiger partial charge in [0.1, 0.15) is 17.3 Å². The van der Waals surface area contributed by atoms with E-state index in [2.05, 4.69) is 15.3 Å². The average Bonchev–Trinajstić information content (AvgIpc) is 2.72. The molecule has 2 N–H and O–H groups in total. The maximum Gasteiger partial charge on any atom is 0.258 e. The fourth-order valence-electron chi connectivity index (χ4n) is 2.99. The molecule has 0 saturated carbocycles. The summed E-state index contributed by atoms with van der Waals surface area (Å²) in [6.45, 7) is 0.476. The number of hydrogen-bond acceptors (Lipinski definition) is 5. The first-order valence-corrected chi connectivity index (χ1v) is 9.06. The summed E-state index contributed by atoms with van der Waals surface area (Å²) in [6.07, 6.45) is 1.24. The summed E-state index contributed by atoms with van der Waals surface area (Å²) in [5.41, 5.74) is 1.40. The molecule has 2 aromatic carbocycles. The molecule has 1 heterocycles. The number of benzene rings is 2. The lowest BCUT2D eigenvalue weighted by Gasteiger charge is -2.11. The molecule has 1 aromatic heterocycles. The number of fused-ring (bicyclic) bond motifs is 1. The third-order valence-electron chi connectivity index (χ3n) is 4.45. The van der Waals surface area contributed by atoms with Gasteiger partial charge in [0.05, 0.1) is 25.1 Å². The molecule has 3 aromatic rings. The second kappa shape index (κ2) is 9.03. The van der Waals surface area contributed by atoms with Gasteiger partial charge < -0.3 is 19.8 Å². The molecule has 0 aliphatic heterocycles. The van der Waals surface area contributed by atoms with Gasteiger partial charge in [0, 0.05) is 19.4 Å². The Labute approximate surface area is 162 Å². The molecule has 28 heavy (non-hydrogen) atoms. The number of para-hydroxylation sites is 1. The van der Waals surface area contributed by atoms with Crippen molar-refractivity contribution in [2.45, 2.75) is 19.3 Å². The number of aromatic nitrogens is 2. The summed E-state index contributed by atoms with van der Waals surface area (Å²) in [4.78, 5) is 31.4. The summed E-state index contributed by atoms with van der Waals surface area (Å²) in [5, 5.41) is 3.43. The van der Waals surface area contributed by atoms with E-state index in [1.807, 2.05) is 24.3 Å². The highest BCUT2D eigenvalue weighted by atomic mass is 16.5. The maximum atomic E-state index is 12.1. The van der Waals surface area contributed by atoms with Gasteiger partial charge in [-0.25, -0.2) is 4.98 Å². The van der Waals surface area contributed by atoms with E-state index < -0.39 is 0 Å². The molecule has 0 spiro atoms. The first kappa shape index (κ1) is 19.4. The molecule has 0 aliphatic carbocycles. The minimum atomic E-state index is -0.189. The van der Waals surface area contributed by atoms with Crippen molar-refractivity contribution in [3.05, 3.63) is 64.2 Å². The van der Waals surface area contributed by atoms with Crippen LogP contribution in [0.5, 0.6) is 11.5 Å². The predicted octanol–water partition coefficient (Wildman–Crippen LogP) is 2.23. The van der Waals surface area contributed by atoms with E-state index in [4.69, 9.17) is 9.47 Å². The minimum Gasteiger partial charge on any atom is -0.497 e. The first-order valence-electron chi connectivity index (χ1n) is 9.06. The van der Waals surface area contributed by atoms with E-state index in [1.54, 1.807) is 32.4 Å². The van der Waals surface area contributed by atoms with Crippen LogP contribution in [0.3, 0.4) is 0 Å². The fourth-order valence-corrected chi connectivity index (χ4v) is 2.99. The topological polar surface area (TPSA) is 93.3 Å². The van der Waals surface area contributed by atoms with Gasteiger partial charge >= 0.3 is 0 Å². The Morgan fingerprint density at radius 1 is 1.11 bits per heavy atom. The number of nitrogens with one attached hydrogen (secondary N) is 2. The summed E-state index contributed by atoms with van der Waals surface area (Å²) < 4.78 is 10.6. The molecule has 1 amide bonds. The first-order chi connectivity index (χ1) is 13.6. The molecule has 7 heteroatoms. The van der Waals surface area contributed by atoms with Gasteiger partial charge in [-0.15, -0.1) is 0 Å². The van der Waals surface area contributed by atoms with Gasteiger partial charge in [-0.05, 0) is 42.3 Å². The summed E-state index contributed by atoms with van der Waals surface area (Å²) in [5.74, 6) is 1.91. The number of aromatic amines is 1. The van der Waals surface area contributed by atoms with Crippen molar-refractivity contribution < 1.29 is 14.3 Å². The normalized spacial score (nSPS) is 10.6. The SMILES string of the molecule is COc1ccc(OC)c(CCNC(=O)CCc2nc3ccccc3c(=O)[nH]2)c1. The zero-order valence-corrected chi connectivity index (χ0v) is 16.0. The third kappa shape index (κ3) is 4.68. The Balaban J connectivity index is 1.53. The lowest BCUT2D eigenvalue weighted by atomic mass is 10.1. The number of carbonyl (C=O) groups is 1. The van der Waals surface area contributed by atoms with E-state index in [9.17, 15) is 9.59 Å². The molecular formula is C21H23N3O4. The highest BCUT2D eigenvalue weighted by molar-refractivity contribution is 5.78. The fraction of sp³-hybridized carbons (Fsp3) is 0.286. The molecular weight excluding hydrogens is 358 g/mol. The molecule has 0 aliphatic rings. The number of nitrogens with zero attached hydrogens (tertiary/aromatic N) is 1. The third-order valence-corrected chi connectivity index (χ3v) is 4.45. The van der Waals surface area contributed by atoms with E-state index >= 15 is 0 Å². The minimum absolute atomic E-state index is 0.0994. The summed E-state index contributed by atoms with van der Waals surface area (Å²) >= 11 is 0. The second-order valence-corrected chi connectivity index (χ2v) is 6.31. The van der Waals surface area contributed by atoms with Gasteiger partial charge in [-0.1, -0.05) is 12.1 Å². The van der Waals surface area contributed by atoms with Crippen LogP contribution in [0.15, 0.2) is 47.3 Å². The number of aryl methyl sites for hydroxylation is 1. The van der Waals surface area contributed by atoms with Crippen LogP contribution in [-0.2, 0) is 17.6 Å². The van der Waals surface area contributed by atoms with Crippen molar-refractivity contribution in [3.8, 4) is 11.5 Å². The van der Waals surface area contributed by atoms with E-state index in [1.165, 1.54) is 0 Å². The number of amides is 1. The van der Waals surface area contributed by atoms with Gasteiger partial charge in [0.25, 0.3) is 5.56 Å². The van der Waals surface area contributed by atoms with Crippen LogP contribution in [0.4, 0.5) is 0 Å². The second-order valence-electron chi connectivity index (χ2n) is 6.31. The zero-order chi connectivity index (χ0) is 19.9. The lowest BCUT2D eigenvalue weighted by molar-refractivity contribution is -0.121. The lowest BCUT2D eigenvalue weighted by Crippen LogP contribution is -2.26. The largest absolute Gasteiger partial charge is 0.497 e. The Bertz CT molecular complexity index is 1030. The van der Waals surface area contributed by atoms with Crippen LogP contribution in [0, 0.1) is 0 Å². The Kier molecular flexibility index (Phi) is 6.26. The van der Waals surface area contributed by atoms with Crippen molar-refractivity contribution in [3.63, 3.8) is 0 Å². The Morgan fingerprint density at radius 3 is 2.71 bits per heavy atom. The molecule has 0 fully saturated rings. The van der Waals surface area contributed by atoms with E-state index in [0.29, 0.717) is 36.1 Å². The van der Waals surface area contributed by atoms with Gasteiger partial charge in [0.2, 0.25) is 5.91 Å². The van der Waals surface area contributed by atoms with Crippen molar-refractivity contribution in [1.82, 2.24) is 15.3 Å². The zero-order valence-electron chi connectivity index (χ0n) is 16.0. The Morgan fingerprint density at radius 2 is 1.93 bits per heavy atom. The van der Waals surface area contributed by atoms with Crippen LogP contribution in [-0.4, -0.2) is 36.6 Å². The highest BCUT2D eigenvalue weighted by Crippen LogP contribution is 2.24. The quantitative estimate of drug-likeness (QED) is 0.624. The standard InChI is InChI=1S/C21H23N3O4/c1-27-15-7-8-18(28-2)14(13-15)11-12-22-20(25)10-9-19-23-17-6-4-3-5-16(17)21(26)24-19/h3-8,13H,9-12H2,1-2H3,(H,22,25)(H,23,24,26). The van der Waals surface area contributed by atoms with E-state index in [0.717, 1.165) is 17.1 Å². The molecule has 0 bridgehead atoms. The van der Waals surface area contributed by atoms with Crippen molar-refractivity contribution in [2.75, 3.05) is 20.8 Å². The molecule has 0 unspecified atom stereocenters. The molecule has 0 atom stereocenters. The molecule has 146 valence electrons. The summed E-state index contributed by atoms with van der Waals surface area (Å²) in [7, 11) is 3.22. The number of H-pyrrole nitrogens is 1. The number of rotatable bonds is 8. The van der Waals surface area contributed by atoms with Crippen LogP contribution in [0.1, 0.15) is 17.8 Å². The number of hydrogen-bond donors (Lipinski definition) is 2. The number of methoxy groups -OCH3 is 2. The van der Waals surface area contributed by atoms with Crippen molar-refractivity contribution in [2.24, 2.45) is 0 Å². The van der Waals surface area contributed by atoms with Gasteiger partial charge in [-0.3, -0.25) is 9.59 Å². The van der Waals surface area contributed by atoms with Crippen LogP contribution < -0.4 is 20.3 Å². The van der Waals surface area contributed by atoms with Crippen molar-refractivity contribution in [1.29, 1.82) is 0 Å². The predicted molar refractivity (Wildman–Crippen MR) is 107 cm³/mol. The summed E-state index contributed by atoms with van der Waals surface area (Å²) in [6, 6.07) is 12.7. The van der Waals surface area contributed by atoms with Crippen LogP contribution in [0.25, 0.3) is 10.9 Å². The highest BCUT2D eigenvalue weighted by Gasteiger charge is 2.08. The molecule has 7 nitrogen and oxygen atoms in total. The van der Waals surface area contributed by atoms with E-state index in [-0.39, 0.29) is 17.9 Å². The Hall–Kier alpha value is -3.35. The monoisotopic (exact) mass is 381 g/mol. The van der Waals surface area contributed by atoms with Crippen LogP contribution in [0.2, 0.25) is 0 Å². The average molecular weight is 381 g/mol. The van der Waals surface area contributed by atoms with Crippen LogP contribution >= 0.6 is 0 Å².